The smallest absolute Gasteiger partial charge is 0.265 e. The molecule has 0 aliphatic carbocycles. The summed E-state index contributed by atoms with van der Waals surface area (Å²) in [4.78, 5) is 26.1. The number of carbonyl (C=O) groups excluding carboxylic acids is 2. The maximum atomic E-state index is 12.6. The number of fused-ring (bicyclic) bond motifs is 1. The Morgan fingerprint density at radius 3 is 2.50 bits per heavy atom. The summed E-state index contributed by atoms with van der Waals surface area (Å²) in [6, 6.07) is 14.4. The molecule has 0 aromatic heterocycles. The molecule has 0 fully saturated rings. The van der Waals surface area contributed by atoms with Crippen LogP contribution in [0.4, 0.5) is 5.69 Å². The van der Waals surface area contributed by atoms with Crippen LogP contribution >= 0.6 is 0 Å². The monoisotopic (exact) mass is 266 g/mol. The third-order valence-electron chi connectivity index (χ3n) is 3.49. The molecule has 2 aromatic carbocycles. The van der Waals surface area contributed by atoms with Crippen LogP contribution in [0.25, 0.3) is 0 Å². The Balaban J connectivity index is 2.11. The summed E-state index contributed by atoms with van der Waals surface area (Å²) in [5.41, 5.74) is 8.43. The topological polar surface area (TPSA) is 63.4 Å². The average molecular weight is 266 g/mol. The summed E-state index contributed by atoms with van der Waals surface area (Å²) < 4.78 is 0. The van der Waals surface area contributed by atoms with E-state index in [9.17, 15) is 9.59 Å². The van der Waals surface area contributed by atoms with E-state index in [1.54, 1.807) is 24.3 Å². The van der Waals surface area contributed by atoms with Crippen molar-refractivity contribution in [3.8, 4) is 0 Å². The summed E-state index contributed by atoms with van der Waals surface area (Å²) in [7, 11) is 0. The van der Waals surface area contributed by atoms with Crippen LogP contribution in [-0.4, -0.2) is 11.8 Å². The van der Waals surface area contributed by atoms with Crippen molar-refractivity contribution in [3.05, 3.63) is 65.2 Å². The number of carbonyl (C=O) groups is 2. The minimum absolute atomic E-state index is 0.213. The predicted molar refractivity (Wildman–Crippen MR) is 76.3 cm³/mol. The number of rotatable bonds is 2. The molecule has 2 amide bonds. The van der Waals surface area contributed by atoms with Gasteiger partial charge in [-0.25, -0.2) is 4.90 Å². The minimum atomic E-state index is -0.280. The zero-order valence-corrected chi connectivity index (χ0v) is 10.9. The van der Waals surface area contributed by atoms with E-state index in [4.69, 9.17) is 5.73 Å². The van der Waals surface area contributed by atoms with Crippen molar-refractivity contribution in [1.82, 2.24) is 0 Å². The highest BCUT2D eigenvalue weighted by atomic mass is 16.2. The summed E-state index contributed by atoms with van der Waals surface area (Å²) >= 11 is 0. The molecule has 0 unspecified atom stereocenters. The lowest BCUT2D eigenvalue weighted by atomic mass is 9.97. The molecule has 1 aliphatic heterocycles. The molecule has 0 bridgehead atoms. The highest BCUT2D eigenvalue weighted by Gasteiger charge is 2.32. The van der Waals surface area contributed by atoms with Gasteiger partial charge in [0.2, 0.25) is 5.91 Å². The van der Waals surface area contributed by atoms with E-state index in [0.29, 0.717) is 11.3 Å². The number of amides is 2. The van der Waals surface area contributed by atoms with E-state index in [1.807, 2.05) is 24.3 Å². The maximum Gasteiger partial charge on any atom is 0.265 e. The zero-order chi connectivity index (χ0) is 14.1. The van der Waals surface area contributed by atoms with Crippen molar-refractivity contribution >= 4 is 17.5 Å². The Morgan fingerprint density at radius 1 is 1.00 bits per heavy atom. The average Bonchev–Trinajstić information content (AvgIpc) is 2.48. The van der Waals surface area contributed by atoms with E-state index in [1.165, 1.54) is 4.90 Å². The van der Waals surface area contributed by atoms with Crippen LogP contribution < -0.4 is 10.6 Å². The maximum absolute atomic E-state index is 12.6. The first kappa shape index (κ1) is 12.6. The second kappa shape index (κ2) is 4.90. The fraction of sp³-hybridized carbons (Fsp3) is 0.125. The fourth-order valence-electron chi connectivity index (χ4n) is 2.50. The van der Waals surface area contributed by atoms with Gasteiger partial charge in [-0.2, -0.15) is 0 Å². The number of benzene rings is 2. The van der Waals surface area contributed by atoms with Gasteiger partial charge in [-0.1, -0.05) is 36.4 Å². The van der Waals surface area contributed by atoms with Crippen LogP contribution in [0.3, 0.4) is 0 Å². The lowest BCUT2D eigenvalue weighted by molar-refractivity contribution is -0.117. The van der Waals surface area contributed by atoms with Crippen molar-refractivity contribution in [2.24, 2.45) is 5.73 Å². The quantitative estimate of drug-likeness (QED) is 0.844. The molecule has 2 N–H and O–H groups in total. The summed E-state index contributed by atoms with van der Waals surface area (Å²) in [5, 5.41) is 0. The van der Waals surface area contributed by atoms with Crippen LogP contribution in [0.2, 0.25) is 0 Å². The molecule has 0 atom stereocenters. The number of nitrogens with zero attached hydrogens (tertiary/aromatic N) is 1. The zero-order valence-electron chi connectivity index (χ0n) is 10.9. The summed E-state index contributed by atoms with van der Waals surface area (Å²) in [6.07, 6.45) is 0.237. The highest BCUT2D eigenvalue weighted by molar-refractivity contribution is 6.24. The molecule has 3 rings (SSSR count). The van der Waals surface area contributed by atoms with Crippen molar-refractivity contribution in [2.75, 3.05) is 4.90 Å². The Morgan fingerprint density at radius 2 is 1.70 bits per heavy atom. The molecule has 0 saturated heterocycles. The molecule has 20 heavy (non-hydrogen) atoms. The highest BCUT2D eigenvalue weighted by Crippen LogP contribution is 2.27. The number of nitrogens with two attached hydrogens (primary N) is 1. The number of hydrogen-bond acceptors (Lipinski definition) is 3. The van der Waals surface area contributed by atoms with Crippen molar-refractivity contribution in [2.45, 2.75) is 13.0 Å². The van der Waals surface area contributed by atoms with Gasteiger partial charge in [0, 0.05) is 12.1 Å². The van der Waals surface area contributed by atoms with Gasteiger partial charge in [-0.15, -0.1) is 0 Å². The van der Waals surface area contributed by atoms with E-state index in [-0.39, 0.29) is 24.8 Å². The Kier molecular flexibility index (Phi) is 3.08. The number of anilines is 1. The van der Waals surface area contributed by atoms with Gasteiger partial charge in [0.05, 0.1) is 12.1 Å². The number of para-hydroxylation sites is 1. The second-order valence-electron chi connectivity index (χ2n) is 4.70. The number of hydrogen-bond donors (Lipinski definition) is 1. The first-order valence-electron chi connectivity index (χ1n) is 6.45. The van der Waals surface area contributed by atoms with Crippen molar-refractivity contribution in [1.29, 1.82) is 0 Å². The normalized spacial score (nSPS) is 14.3. The summed E-state index contributed by atoms with van der Waals surface area (Å²) in [6.45, 7) is 0.287. The van der Waals surface area contributed by atoms with Crippen molar-refractivity contribution in [3.63, 3.8) is 0 Å². The molecule has 1 aliphatic rings. The van der Waals surface area contributed by atoms with E-state index in [2.05, 4.69) is 0 Å². The molecule has 0 saturated carbocycles. The standard InChI is InChI=1S/C16H14N2O2/c17-10-12-6-2-4-8-14(12)18-15(19)9-11-5-1-3-7-13(11)16(18)20/h1-8H,9-10,17H2. The fourth-order valence-corrected chi connectivity index (χ4v) is 2.50. The number of imide groups is 1. The van der Waals surface area contributed by atoms with Gasteiger partial charge >= 0.3 is 0 Å². The van der Waals surface area contributed by atoms with Gasteiger partial charge in [0.15, 0.2) is 0 Å². The van der Waals surface area contributed by atoms with Crippen LogP contribution in [0.1, 0.15) is 21.5 Å². The Labute approximate surface area is 116 Å². The third-order valence-corrected chi connectivity index (χ3v) is 3.49. The van der Waals surface area contributed by atoms with Crippen LogP contribution in [-0.2, 0) is 17.8 Å². The summed E-state index contributed by atoms with van der Waals surface area (Å²) in [5.74, 6) is -0.493. The lowest BCUT2D eigenvalue weighted by Crippen LogP contribution is -2.43. The third kappa shape index (κ3) is 1.90. The molecule has 4 nitrogen and oxygen atoms in total. The van der Waals surface area contributed by atoms with Gasteiger partial charge < -0.3 is 5.73 Å². The molecular formula is C16H14N2O2. The van der Waals surface area contributed by atoms with Gasteiger partial charge in [-0.3, -0.25) is 9.59 Å². The van der Waals surface area contributed by atoms with Gasteiger partial charge in [-0.05, 0) is 23.3 Å². The van der Waals surface area contributed by atoms with Crippen LogP contribution in [0, 0.1) is 0 Å². The molecule has 4 heteroatoms. The molecule has 0 spiro atoms. The SMILES string of the molecule is NCc1ccccc1N1C(=O)Cc2ccccc2C1=O. The minimum Gasteiger partial charge on any atom is -0.326 e. The van der Waals surface area contributed by atoms with E-state index in [0.717, 1.165) is 11.1 Å². The molecule has 1 heterocycles. The largest absolute Gasteiger partial charge is 0.326 e. The van der Waals surface area contributed by atoms with Gasteiger partial charge in [0.1, 0.15) is 0 Å². The van der Waals surface area contributed by atoms with E-state index < -0.39 is 0 Å². The Hall–Kier alpha value is -2.46. The van der Waals surface area contributed by atoms with Crippen LogP contribution in [0.15, 0.2) is 48.5 Å². The van der Waals surface area contributed by atoms with Crippen molar-refractivity contribution < 1.29 is 9.59 Å². The Bertz CT molecular complexity index is 694. The predicted octanol–water partition coefficient (Wildman–Crippen LogP) is 1.87. The molecule has 100 valence electrons. The van der Waals surface area contributed by atoms with Crippen LogP contribution in [0.5, 0.6) is 0 Å². The van der Waals surface area contributed by atoms with E-state index >= 15 is 0 Å². The second-order valence-corrected chi connectivity index (χ2v) is 4.70. The molecule has 0 radical (unpaired) electrons. The molecular weight excluding hydrogens is 252 g/mol. The molecule has 2 aromatic rings. The first-order chi connectivity index (χ1) is 9.72. The van der Waals surface area contributed by atoms with Gasteiger partial charge in [0.25, 0.3) is 5.91 Å². The first-order valence-corrected chi connectivity index (χ1v) is 6.45. The lowest BCUT2D eigenvalue weighted by Gasteiger charge is -2.28.